The van der Waals surface area contributed by atoms with Gasteiger partial charge in [-0.3, -0.25) is 29.3 Å². The zero-order chi connectivity index (χ0) is 82.3. The maximum absolute atomic E-state index is 14.3. The second kappa shape index (κ2) is 30.7. The van der Waals surface area contributed by atoms with Gasteiger partial charge in [0.25, 0.3) is 0 Å². The number of sulfone groups is 3. The highest BCUT2D eigenvalue weighted by molar-refractivity contribution is 7.92. The summed E-state index contributed by atoms with van der Waals surface area (Å²) in [4.78, 5) is 56.7. The maximum atomic E-state index is 14.3. The molecule has 6 aliphatic carbocycles. The topological polar surface area (TPSA) is 251 Å². The van der Waals surface area contributed by atoms with E-state index in [1.807, 2.05) is 70.2 Å². The van der Waals surface area contributed by atoms with Crippen molar-refractivity contribution in [1.82, 2.24) is 48.9 Å². The molecule has 6 atom stereocenters. The molecule has 7 heterocycles. The second-order valence-electron chi connectivity index (χ2n) is 31.7. The number of ketones is 3. The van der Waals surface area contributed by atoms with Crippen LogP contribution in [0.4, 0.5) is 17.6 Å². The van der Waals surface area contributed by atoms with E-state index in [0.717, 1.165) is 72.7 Å². The number of rotatable bonds is 15. The molecule has 5 aromatic carbocycles. The highest BCUT2D eigenvalue weighted by Crippen LogP contribution is 2.56. The summed E-state index contributed by atoms with van der Waals surface area (Å²) in [5.41, 5.74) is 11.2. The molecule has 0 spiro atoms. The summed E-state index contributed by atoms with van der Waals surface area (Å²) in [6.45, 7) is 9.10. The molecule has 18 rings (SSSR count). The van der Waals surface area contributed by atoms with Crippen molar-refractivity contribution in [2.75, 3.05) is 0 Å². The summed E-state index contributed by atoms with van der Waals surface area (Å²) in [6, 6.07) is 41.3. The Labute approximate surface area is 675 Å². The molecule has 19 nitrogen and oxygen atoms in total. The van der Waals surface area contributed by atoms with Crippen LogP contribution in [0.3, 0.4) is 0 Å². The summed E-state index contributed by atoms with van der Waals surface area (Å²) < 4.78 is 144. The minimum Gasteiger partial charge on any atom is -0.356 e. The van der Waals surface area contributed by atoms with Crippen molar-refractivity contribution in [2.45, 2.75) is 142 Å². The average Bonchev–Trinajstić information content (AvgIpc) is 1.72. The van der Waals surface area contributed by atoms with Gasteiger partial charge in [-0.2, -0.15) is 15.3 Å². The predicted octanol–water partition coefficient (Wildman–Crippen LogP) is 16.7. The van der Waals surface area contributed by atoms with Crippen molar-refractivity contribution in [1.29, 1.82) is 0 Å². The first-order valence-electron chi connectivity index (χ1n) is 38.6. The van der Waals surface area contributed by atoms with Gasteiger partial charge in [-0.15, -0.1) is 0 Å². The fourth-order valence-electron chi connectivity index (χ4n) is 17.9. The number of benzene rings is 5. The Balaban J connectivity index is 0.000000131. The molecule has 117 heavy (non-hydrogen) atoms. The van der Waals surface area contributed by atoms with E-state index in [2.05, 4.69) is 30.2 Å². The number of pyridine rings is 3. The van der Waals surface area contributed by atoms with Gasteiger partial charge in [-0.1, -0.05) is 28.9 Å². The molecule has 0 bridgehead atoms. The summed E-state index contributed by atoms with van der Waals surface area (Å²) >= 11 is 0. The Bertz CT molecular complexity index is 6470. The number of aryl methyl sites for hydroxylation is 6. The smallest absolute Gasteiger partial charge is 0.191 e. The Morgan fingerprint density at radius 2 is 0.744 bits per heavy atom. The number of Topliss-reactive ketones (excluding diaryl/α,β-unsaturated/α-hetero) is 3. The minimum absolute atomic E-state index is 0.0562. The normalized spacial score (nSPS) is 20.6. The van der Waals surface area contributed by atoms with Gasteiger partial charge in [0.1, 0.15) is 40.4 Å². The fraction of sp³-hybridized carbons (Fsp3) is 0.264. The van der Waals surface area contributed by atoms with Gasteiger partial charge < -0.3 is 4.57 Å². The van der Waals surface area contributed by atoms with Gasteiger partial charge in [0.05, 0.1) is 99.4 Å². The Morgan fingerprint density at radius 1 is 0.402 bits per heavy atom. The third kappa shape index (κ3) is 14.7. The van der Waals surface area contributed by atoms with Crippen LogP contribution in [-0.2, 0) is 55.8 Å². The molecular formula is C91H82F4N10O9S3. The molecule has 3 saturated carbocycles. The second-order valence-corrected chi connectivity index (χ2v) is 38.4. The molecule has 0 radical (unpaired) electrons. The van der Waals surface area contributed by atoms with Gasteiger partial charge in [-0.05, 0) is 320 Å². The highest BCUT2D eigenvalue weighted by Gasteiger charge is 2.56. The summed E-state index contributed by atoms with van der Waals surface area (Å²) in [5.74, 6) is -2.04. The van der Waals surface area contributed by atoms with Crippen molar-refractivity contribution in [3.05, 3.63) is 326 Å². The number of halogens is 4. The SMILES string of the molecule is Cc1cccc(S(=O)(=O)[C@@H]2CCC3=Cc4c(cnn4-c4ccc(F)cc4)C[C@]3(C(=O)c3cc(C)ccn3)C2)c1.Cc1ccnc(C(=O)[C@]23Cc4cnn(-c5ccc(F)cc5)c4C=C2CC[C@@H](S(=O)(=O)c2ccc(F)c(C)c2)C3)c1.Cc1ccnc(C(=O)[C@]23Cc4cnn(-c5ccc(F)cc5)c4C=C2CC[C@H](S(=O)(=O)c2ccn(C)c2)C3)c1. The van der Waals surface area contributed by atoms with E-state index in [1.54, 1.807) is 154 Å². The van der Waals surface area contributed by atoms with Crippen LogP contribution in [0.5, 0.6) is 0 Å². The van der Waals surface area contributed by atoms with Crippen molar-refractivity contribution in [2.24, 2.45) is 23.3 Å². The van der Waals surface area contributed by atoms with Crippen molar-refractivity contribution in [3.63, 3.8) is 0 Å². The van der Waals surface area contributed by atoms with E-state index in [0.29, 0.717) is 79.8 Å². The van der Waals surface area contributed by atoms with Crippen molar-refractivity contribution in [3.8, 4) is 17.1 Å². The van der Waals surface area contributed by atoms with Gasteiger partial charge in [0.2, 0.25) is 0 Å². The highest BCUT2D eigenvalue weighted by atomic mass is 32.2. The Morgan fingerprint density at radius 3 is 1.07 bits per heavy atom. The number of aromatic nitrogens is 10. The lowest BCUT2D eigenvalue weighted by Gasteiger charge is -2.43. The number of hydrogen-bond donors (Lipinski definition) is 0. The Kier molecular flexibility index (Phi) is 20.8. The van der Waals surface area contributed by atoms with Gasteiger partial charge in [0.15, 0.2) is 46.9 Å². The average molecular weight is 1630 g/mol. The molecule has 0 saturated heterocycles. The first kappa shape index (κ1) is 79.1. The number of carbonyl (C=O) groups is 3. The number of fused-ring (bicyclic) bond motifs is 6. The van der Waals surface area contributed by atoms with Crippen LogP contribution < -0.4 is 0 Å². The van der Waals surface area contributed by atoms with Crippen molar-refractivity contribution >= 4 is 65.1 Å². The largest absolute Gasteiger partial charge is 0.356 e. The zero-order valence-electron chi connectivity index (χ0n) is 65.0. The minimum atomic E-state index is -3.86. The lowest BCUT2D eigenvalue weighted by molar-refractivity contribution is 0.0790. The van der Waals surface area contributed by atoms with Crippen LogP contribution in [0.1, 0.15) is 151 Å². The van der Waals surface area contributed by atoms with E-state index in [9.17, 15) is 57.2 Å². The number of carbonyl (C=O) groups excluding carboxylic acids is 3. The van der Waals surface area contributed by atoms with E-state index in [4.69, 9.17) is 0 Å². The van der Waals surface area contributed by atoms with Gasteiger partial charge in [-0.25, -0.2) is 56.9 Å². The van der Waals surface area contributed by atoms with Crippen LogP contribution in [-0.4, -0.2) is 107 Å². The zero-order valence-corrected chi connectivity index (χ0v) is 67.4. The molecule has 6 aliphatic rings. The number of nitrogens with zero attached hydrogens (tertiary/aromatic N) is 10. The van der Waals surface area contributed by atoms with Gasteiger partial charge in [0, 0.05) is 38.0 Å². The standard InChI is InChI=1S/C31H27F2N3O3S.C31H28FN3O3S.C29H27FN4O3S/c1-19-11-12-34-28(13-19)30(37)31-16-21-18-35-36(24-6-4-23(32)5-7-24)29(21)15-22(31)3-8-26(17-31)40(38,39)25-9-10-27(33)20(2)14-25;1-20-4-3-5-26(14-20)39(37,38)27-11-6-23-16-29-22(19-34-35(29)25-9-7-24(32)8-10-25)17-31(23,18-27)30(36)28-15-21(2)12-13-33-28;1-19-9-11-31-26(13-19)28(35)29-15-20-17-32-34(23-6-4-22(30)5-7-23)27(20)14-21(29)3-8-24(16-29)38(36,37)25-10-12-33(2)18-25/h4-7,9-15,18,26H,3,8,16-17H2,1-2H3;3-5,7-10,12-16,19,27H,6,11,17-18H2,1-2H3;4-7,9-14,17-18,24H,3,8,15-16H2,1-2H3/t26-,31+;27-,31+;24-,29-/m110/s1. The molecule has 0 amide bonds. The lowest BCUT2D eigenvalue weighted by Crippen LogP contribution is -2.45. The van der Waals surface area contributed by atoms with Crippen LogP contribution in [0.25, 0.3) is 35.3 Å². The molecule has 26 heteroatoms. The van der Waals surface area contributed by atoms with E-state index < -0.39 is 67.3 Å². The van der Waals surface area contributed by atoms with Crippen LogP contribution >= 0.6 is 0 Å². The third-order valence-electron chi connectivity index (χ3n) is 24.0. The first-order valence-corrected chi connectivity index (χ1v) is 43.3. The maximum Gasteiger partial charge on any atom is 0.191 e. The molecule has 0 aliphatic heterocycles. The molecule has 0 unspecified atom stereocenters. The first-order chi connectivity index (χ1) is 55.9. The van der Waals surface area contributed by atoms with Crippen LogP contribution in [0.15, 0.2) is 239 Å². The summed E-state index contributed by atoms with van der Waals surface area (Å²) in [6.07, 6.45) is 23.0. The molecular weight excluding hydrogens is 1550 g/mol. The van der Waals surface area contributed by atoms with E-state index in [1.165, 1.54) is 61.5 Å². The Hall–Kier alpha value is -11.7. The van der Waals surface area contributed by atoms with Crippen molar-refractivity contribution < 1.29 is 57.2 Å². The van der Waals surface area contributed by atoms with Gasteiger partial charge >= 0.3 is 0 Å². The number of hydrogen-bond acceptors (Lipinski definition) is 15. The molecule has 0 N–H and O–H groups in total. The van der Waals surface area contributed by atoms with E-state index >= 15 is 0 Å². The van der Waals surface area contributed by atoms with Crippen LogP contribution in [0.2, 0.25) is 0 Å². The summed E-state index contributed by atoms with van der Waals surface area (Å²) in [5, 5.41) is 11.4. The monoisotopic (exact) mass is 1630 g/mol. The molecule has 12 aromatic rings. The number of allylic oxidation sites excluding steroid dienone is 3. The third-order valence-corrected chi connectivity index (χ3v) is 30.6. The quantitative estimate of drug-likeness (QED) is 0.0525. The molecule has 596 valence electrons. The fourth-order valence-corrected chi connectivity index (χ4v) is 23.6. The van der Waals surface area contributed by atoms with Crippen LogP contribution in [0, 0.1) is 74.1 Å². The van der Waals surface area contributed by atoms with E-state index in [-0.39, 0.29) is 86.4 Å². The molecule has 7 aromatic heterocycles. The summed E-state index contributed by atoms with van der Waals surface area (Å²) in [7, 11) is -9.39. The predicted molar refractivity (Wildman–Crippen MR) is 435 cm³/mol. The molecule has 3 fully saturated rings. The lowest BCUT2D eigenvalue weighted by atomic mass is 9.61.